The average Bonchev–Trinajstić information content (AvgIpc) is 2.75. The summed E-state index contributed by atoms with van der Waals surface area (Å²) >= 11 is 0. The second-order valence-electron chi connectivity index (χ2n) is 6.22. The molecule has 0 fully saturated rings. The first-order valence-electron chi connectivity index (χ1n) is 10.3. The predicted octanol–water partition coefficient (Wildman–Crippen LogP) is 4.44. The van der Waals surface area contributed by atoms with Crippen molar-refractivity contribution in [2.75, 3.05) is 26.4 Å². The van der Waals surface area contributed by atoms with E-state index in [1.807, 2.05) is 45.0 Å². The fourth-order valence-corrected chi connectivity index (χ4v) is 2.62. The molecule has 0 bridgehead atoms. The van der Waals surface area contributed by atoms with Gasteiger partial charge in [0.25, 0.3) is 5.91 Å². The molecule has 0 spiro atoms. The van der Waals surface area contributed by atoms with Crippen molar-refractivity contribution in [1.82, 2.24) is 5.43 Å². The molecule has 2 aromatic carbocycles. The van der Waals surface area contributed by atoms with E-state index in [1.54, 1.807) is 18.3 Å². The van der Waals surface area contributed by atoms with Crippen molar-refractivity contribution in [1.29, 1.82) is 0 Å². The molecule has 2 rings (SSSR count). The van der Waals surface area contributed by atoms with Crippen LogP contribution in [0.5, 0.6) is 23.0 Å². The normalized spacial score (nSPS) is 10.7. The SMILES string of the molecule is CCCOc1ccc(C=NNC(=O)c2cc(OCC)c(OCC)c(OCC)c2)cc1. The van der Waals surface area contributed by atoms with Gasteiger partial charge in [-0.05, 0) is 69.2 Å². The van der Waals surface area contributed by atoms with E-state index in [4.69, 9.17) is 18.9 Å². The molecule has 0 aliphatic rings. The Morgan fingerprint density at radius 1 is 0.900 bits per heavy atom. The molecule has 0 unspecified atom stereocenters. The van der Waals surface area contributed by atoms with E-state index < -0.39 is 0 Å². The van der Waals surface area contributed by atoms with E-state index in [-0.39, 0.29) is 5.91 Å². The van der Waals surface area contributed by atoms with Crippen LogP contribution in [0.1, 0.15) is 50.0 Å². The number of amides is 1. The molecule has 30 heavy (non-hydrogen) atoms. The van der Waals surface area contributed by atoms with Crippen LogP contribution in [-0.2, 0) is 0 Å². The fourth-order valence-electron chi connectivity index (χ4n) is 2.62. The highest BCUT2D eigenvalue weighted by Gasteiger charge is 2.18. The summed E-state index contributed by atoms with van der Waals surface area (Å²) in [6.45, 7) is 9.68. The van der Waals surface area contributed by atoms with E-state index in [1.165, 1.54) is 0 Å². The highest BCUT2D eigenvalue weighted by molar-refractivity contribution is 5.96. The van der Waals surface area contributed by atoms with Gasteiger partial charge in [-0.2, -0.15) is 5.10 Å². The first-order valence-corrected chi connectivity index (χ1v) is 10.3. The lowest BCUT2D eigenvalue weighted by atomic mass is 10.1. The molecule has 162 valence electrons. The molecule has 7 heteroatoms. The van der Waals surface area contributed by atoms with Crippen molar-refractivity contribution in [2.45, 2.75) is 34.1 Å². The summed E-state index contributed by atoms with van der Waals surface area (Å²) in [5.41, 5.74) is 3.74. The Labute approximate surface area is 178 Å². The number of nitrogens with zero attached hydrogens (tertiary/aromatic N) is 1. The van der Waals surface area contributed by atoms with Crippen LogP contribution in [0.25, 0.3) is 0 Å². The summed E-state index contributed by atoms with van der Waals surface area (Å²) in [6, 6.07) is 10.7. The summed E-state index contributed by atoms with van der Waals surface area (Å²) in [5.74, 6) is 1.84. The van der Waals surface area contributed by atoms with E-state index in [9.17, 15) is 4.79 Å². The highest BCUT2D eigenvalue weighted by Crippen LogP contribution is 2.39. The van der Waals surface area contributed by atoms with E-state index in [0.717, 1.165) is 17.7 Å². The molecular weight excluding hydrogens is 384 g/mol. The molecule has 0 heterocycles. The minimum atomic E-state index is -0.376. The molecule has 0 radical (unpaired) electrons. The van der Waals surface area contributed by atoms with Gasteiger partial charge in [0.2, 0.25) is 5.75 Å². The van der Waals surface area contributed by atoms with Gasteiger partial charge in [-0.15, -0.1) is 0 Å². The Kier molecular flexibility index (Phi) is 9.51. The molecule has 7 nitrogen and oxygen atoms in total. The van der Waals surface area contributed by atoms with Crippen molar-refractivity contribution >= 4 is 12.1 Å². The lowest BCUT2D eigenvalue weighted by molar-refractivity contribution is 0.0954. The quantitative estimate of drug-likeness (QED) is 0.410. The van der Waals surface area contributed by atoms with E-state index in [2.05, 4.69) is 17.5 Å². The van der Waals surface area contributed by atoms with E-state index >= 15 is 0 Å². The Morgan fingerprint density at radius 2 is 1.50 bits per heavy atom. The Morgan fingerprint density at radius 3 is 2.03 bits per heavy atom. The van der Waals surface area contributed by atoms with Crippen LogP contribution in [-0.4, -0.2) is 38.5 Å². The van der Waals surface area contributed by atoms with Gasteiger partial charge < -0.3 is 18.9 Å². The van der Waals surface area contributed by atoms with E-state index in [0.29, 0.717) is 49.2 Å². The summed E-state index contributed by atoms with van der Waals surface area (Å²) in [4.78, 5) is 12.6. The van der Waals surface area contributed by atoms with Crippen molar-refractivity contribution in [3.8, 4) is 23.0 Å². The number of nitrogens with one attached hydrogen (secondary N) is 1. The molecule has 0 atom stereocenters. The monoisotopic (exact) mass is 414 g/mol. The lowest BCUT2D eigenvalue weighted by Gasteiger charge is -2.16. The minimum absolute atomic E-state index is 0.366. The summed E-state index contributed by atoms with van der Waals surface area (Å²) in [7, 11) is 0. The summed E-state index contributed by atoms with van der Waals surface area (Å²) in [6.07, 6.45) is 2.53. The molecule has 1 amide bonds. The first kappa shape index (κ1) is 23.1. The van der Waals surface area contributed by atoms with Crippen LogP contribution < -0.4 is 24.4 Å². The molecule has 2 aromatic rings. The average molecular weight is 415 g/mol. The fraction of sp³-hybridized carbons (Fsp3) is 0.391. The zero-order valence-corrected chi connectivity index (χ0v) is 18.1. The molecule has 0 aliphatic heterocycles. The zero-order valence-electron chi connectivity index (χ0n) is 18.1. The third-order valence-corrected chi connectivity index (χ3v) is 3.90. The highest BCUT2D eigenvalue weighted by atomic mass is 16.5. The summed E-state index contributed by atoms with van der Waals surface area (Å²) < 4.78 is 22.5. The zero-order chi connectivity index (χ0) is 21.8. The number of hydrogen-bond acceptors (Lipinski definition) is 6. The number of carbonyl (C=O) groups excluding carboxylic acids is 1. The predicted molar refractivity (Wildman–Crippen MR) is 117 cm³/mol. The van der Waals surface area contributed by atoms with Crippen molar-refractivity contribution in [3.05, 3.63) is 47.5 Å². The first-order chi connectivity index (χ1) is 14.6. The Bertz CT molecular complexity index is 807. The van der Waals surface area contributed by atoms with Crippen molar-refractivity contribution in [2.24, 2.45) is 5.10 Å². The summed E-state index contributed by atoms with van der Waals surface area (Å²) in [5, 5.41) is 4.04. The number of carbonyl (C=O) groups is 1. The second-order valence-corrected chi connectivity index (χ2v) is 6.22. The lowest BCUT2D eigenvalue weighted by Crippen LogP contribution is -2.18. The number of hydrogen-bond donors (Lipinski definition) is 1. The number of rotatable bonds is 12. The maximum atomic E-state index is 12.6. The topological polar surface area (TPSA) is 78.4 Å². The third-order valence-electron chi connectivity index (χ3n) is 3.90. The molecule has 0 saturated heterocycles. The second kappa shape index (κ2) is 12.4. The van der Waals surface area contributed by atoms with Crippen LogP contribution in [0.3, 0.4) is 0 Å². The molecule has 0 aliphatic carbocycles. The van der Waals surface area contributed by atoms with Gasteiger partial charge in [-0.3, -0.25) is 4.79 Å². The van der Waals surface area contributed by atoms with Crippen LogP contribution in [0.2, 0.25) is 0 Å². The Balaban J connectivity index is 2.12. The maximum absolute atomic E-state index is 12.6. The van der Waals surface area contributed by atoms with Gasteiger partial charge in [-0.1, -0.05) is 6.92 Å². The van der Waals surface area contributed by atoms with Crippen LogP contribution in [0, 0.1) is 0 Å². The van der Waals surface area contributed by atoms with Gasteiger partial charge >= 0.3 is 0 Å². The molecular formula is C23H30N2O5. The van der Waals surface area contributed by atoms with Gasteiger partial charge in [0.1, 0.15) is 5.75 Å². The van der Waals surface area contributed by atoms with Crippen LogP contribution in [0.15, 0.2) is 41.5 Å². The van der Waals surface area contributed by atoms with Gasteiger partial charge in [-0.25, -0.2) is 5.43 Å². The molecule has 0 aromatic heterocycles. The van der Waals surface area contributed by atoms with Gasteiger partial charge in [0.05, 0.1) is 32.6 Å². The van der Waals surface area contributed by atoms with Crippen LogP contribution >= 0.6 is 0 Å². The number of benzene rings is 2. The van der Waals surface area contributed by atoms with Gasteiger partial charge in [0.15, 0.2) is 11.5 Å². The van der Waals surface area contributed by atoms with Crippen molar-refractivity contribution in [3.63, 3.8) is 0 Å². The standard InChI is InChI=1S/C23H30N2O5/c1-5-13-30-19-11-9-17(10-12-19)16-24-25-23(26)18-14-20(27-6-2)22(29-8-4)21(15-18)28-7-3/h9-12,14-16H,5-8,13H2,1-4H3,(H,25,26). The maximum Gasteiger partial charge on any atom is 0.271 e. The largest absolute Gasteiger partial charge is 0.494 e. The van der Waals surface area contributed by atoms with Crippen molar-refractivity contribution < 1.29 is 23.7 Å². The minimum Gasteiger partial charge on any atom is -0.494 e. The number of hydrazone groups is 1. The Hall–Kier alpha value is -3.22. The number of ether oxygens (including phenoxy) is 4. The van der Waals surface area contributed by atoms with Gasteiger partial charge in [0, 0.05) is 5.56 Å². The molecule has 0 saturated carbocycles. The smallest absolute Gasteiger partial charge is 0.271 e. The third kappa shape index (κ3) is 6.69. The van der Waals surface area contributed by atoms with Crippen LogP contribution in [0.4, 0.5) is 0 Å². The molecule has 1 N–H and O–H groups in total.